The minimum Gasteiger partial charge on any atom is -0.496 e. The van der Waals surface area contributed by atoms with Gasteiger partial charge in [-0.15, -0.1) is 0 Å². The second-order valence-electron chi connectivity index (χ2n) is 11.3. The molecule has 0 fully saturated rings. The van der Waals surface area contributed by atoms with E-state index >= 15 is 0 Å². The van der Waals surface area contributed by atoms with Gasteiger partial charge in [0.15, 0.2) is 0 Å². The Kier molecular flexibility index (Phi) is 10.7. The molecule has 1 aromatic heterocycles. The molecule has 4 aromatic rings. The first-order valence-electron chi connectivity index (χ1n) is 14.9. The number of nitrogens with zero attached hydrogens (tertiary/aromatic N) is 1. The molecular formula is C35H40N4O6S. The summed E-state index contributed by atoms with van der Waals surface area (Å²) < 4.78 is 33.8. The van der Waals surface area contributed by atoms with Crippen molar-refractivity contribution in [2.45, 2.75) is 44.4 Å². The molecule has 0 aliphatic heterocycles. The van der Waals surface area contributed by atoms with Crippen LogP contribution in [0.2, 0.25) is 0 Å². The lowest BCUT2D eigenvalue weighted by atomic mass is 9.86. The summed E-state index contributed by atoms with van der Waals surface area (Å²) in [5.74, 6) is -1.22. The molecule has 0 spiro atoms. The highest BCUT2D eigenvalue weighted by Crippen LogP contribution is 2.39. The summed E-state index contributed by atoms with van der Waals surface area (Å²) >= 11 is 0. The molecule has 3 N–H and O–H groups in total. The molecule has 3 amide bonds. The molecule has 4 rings (SSSR count). The molecule has 10 nitrogen and oxygen atoms in total. The molecule has 242 valence electrons. The monoisotopic (exact) mass is 644 g/mol. The summed E-state index contributed by atoms with van der Waals surface area (Å²) in [6, 6.07) is 16.9. The van der Waals surface area contributed by atoms with Crippen LogP contribution in [0.5, 0.6) is 5.75 Å². The van der Waals surface area contributed by atoms with E-state index in [0.717, 1.165) is 28.5 Å². The van der Waals surface area contributed by atoms with Gasteiger partial charge in [0.1, 0.15) is 5.75 Å². The van der Waals surface area contributed by atoms with Crippen LogP contribution in [0.15, 0.2) is 77.3 Å². The Balaban J connectivity index is 1.74. The Bertz CT molecular complexity index is 1910. The largest absolute Gasteiger partial charge is 0.496 e. The van der Waals surface area contributed by atoms with Crippen LogP contribution >= 0.6 is 0 Å². The number of benzene rings is 3. The first kappa shape index (κ1) is 34.0. The van der Waals surface area contributed by atoms with E-state index in [1.807, 2.05) is 37.4 Å². The lowest BCUT2D eigenvalue weighted by Gasteiger charge is -2.22. The highest BCUT2D eigenvalue weighted by Gasteiger charge is 2.27. The van der Waals surface area contributed by atoms with Gasteiger partial charge in [-0.2, -0.15) is 0 Å². The molecular weight excluding hydrogens is 604 g/mol. The SMILES string of the molecule is CCCNC(=O)C(C)=Cc1ccc2[nH]cc(C(CC(=O)N(C)C)c3ccc(C(=O)NS(=O)(=O)c4ccccc4C)cc3OC)c2c1. The first-order valence-corrected chi connectivity index (χ1v) is 16.4. The van der Waals surface area contributed by atoms with Crippen molar-refractivity contribution in [3.8, 4) is 5.75 Å². The van der Waals surface area contributed by atoms with Crippen molar-refractivity contribution in [3.05, 3.63) is 100 Å². The number of amides is 3. The van der Waals surface area contributed by atoms with E-state index in [1.54, 1.807) is 52.2 Å². The average Bonchev–Trinajstić information content (AvgIpc) is 3.44. The van der Waals surface area contributed by atoms with Gasteiger partial charge in [0.25, 0.3) is 15.9 Å². The van der Waals surface area contributed by atoms with Crippen molar-refractivity contribution in [2.75, 3.05) is 27.7 Å². The standard InChI is InChI=1S/C35H40N4O6S/c1-7-16-36-34(41)23(3)17-24-12-15-30-28(18-24)29(21-37-30)27(20-33(40)39(4)5)26-14-13-25(19-31(26)45-6)35(42)38-46(43,44)32-11-9-8-10-22(32)2/h8-15,17-19,21,27,37H,7,16,20H2,1-6H3,(H,36,41)(H,38,42). The number of hydrogen-bond donors (Lipinski definition) is 3. The molecule has 0 saturated carbocycles. The van der Waals surface area contributed by atoms with Crippen LogP contribution in [0.3, 0.4) is 0 Å². The average molecular weight is 645 g/mol. The van der Waals surface area contributed by atoms with Gasteiger partial charge in [-0.05, 0) is 73.4 Å². The Hall–Kier alpha value is -4.90. The van der Waals surface area contributed by atoms with Crippen molar-refractivity contribution in [3.63, 3.8) is 0 Å². The zero-order valence-corrected chi connectivity index (χ0v) is 27.7. The van der Waals surface area contributed by atoms with Crippen LogP contribution < -0.4 is 14.8 Å². The smallest absolute Gasteiger partial charge is 0.265 e. The van der Waals surface area contributed by atoms with E-state index < -0.39 is 21.8 Å². The van der Waals surface area contributed by atoms with E-state index in [0.29, 0.717) is 29.0 Å². The second kappa shape index (κ2) is 14.5. The number of H-pyrrole nitrogens is 1. The number of ether oxygens (including phenoxy) is 1. The van der Waals surface area contributed by atoms with Gasteiger partial charge in [-0.25, -0.2) is 13.1 Å². The number of hydrogen-bond acceptors (Lipinski definition) is 6. The van der Waals surface area contributed by atoms with Gasteiger partial charge in [0.2, 0.25) is 11.8 Å². The number of aromatic nitrogens is 1. The number of aryl methyl sites for hydroxylation is 1. The molecule has 3 aromatic carbocycles. The van der Waals surface area contributed by atoms with Crippen LogP contribution in [0.25, 0.3) is 17.0 Å². The number of fused-ring (bicyclic) bond motifs is 1. The summed E-state index contributed by atoms with van der Waals surface area (Å²) in [7, 11) is 0.709. The Morgan fingerprint density at radius 3 is 2.43 bits per heavy atom. The highest BCUT2D eigenvalue weighted by atomic mass is 32.2. The summed E-state index contributed by atoms with van der Waals surface area (Å²) in [6.45, 7) is 6.01. The van der Waals surface area contributed by atoms with E-state index in [4.69, 9.17) is 4.74 Å². The van der Waals surface area contributed by atoms with Gasteiger partial charge < -0.3 is 19.9 Å². The minimum atomic E-state index is -4.12. The van der Waals surface area contributed by atoms with Crippen LogP contribution in [-0.4, -0.2) is 63.8 Å². The lowest BCUT2D eigenvalue weighted by Crippen LogP contribution is -2.31. The topological polar surface area (TPSA) is 138 Å². The quantitative estimate of drug-likeness (QED) is 0.183. The van der Waals surface area contributed by atoms with E-state index in [1.165, 1.54) is 30.2 Å². The Morgan fingerprint density at radius 2 is 1.76 bits per heavy atom. The number of sulfonamides is 1. The predicted molar refractivity (Wildman–Crippen MR) is 179 cm³/mol. The van der Waals surface area contributed by atoms with Crippen molar-refractivity contribution in [2.24, 2.45) is 0 Å². The molecule has 0 saturated heterocycles. The van der Waals surface area contributed by atoms with E-state index in [2.05, 4.69) is 15.0 Å². The summed E-state index contributed by atoms with van der Waals surface area (Å²) in [5, 5.41) is 3.75. The fourth-order valence-electron chi connectivity index (χ4n) is 5.21. The molecule has 11 heteroatoms. The third kappa shape index (κ3) is 7.66. The highest BCUT2D eigenvalue weighted by molar-refractivity contribution is 7.90. The molecule has 1 atom stereocenters. The van der Waals surface area contributed by atoms with Crippen LogP contribution in [0.1, 0.15) is 65.2 Å². The number of nitrogens with one attached hydrogen (secondary N) is 3. The fraction of sp³-hybridized carbons (Fsp3) is 0.286. The van der Waals surface area contributed by atoms with E-state index in [-0.39, 0.29) is 28.7 Å². The molecule has 1 unspecified atom stereocenters. The third-order valence-electron chi connectivity index (χ3n) is 7.75. The maximum absolute atomic E-state index is 13.2. The third-order valence-corrected chi connectivity index (χ3v) is 9.24. The second-order valence-corrected chi connectivity index (χ2v) is 13.0. The number of rotatable bonds is 12. The van der Waals surface area contributed by atoms with Gasteiger partial charge in [-0.1, -0.05) is 37.3 Å². The maximum atomic E-state index is 13.2. The van der Waals surface area contributed by atoms with E-state index in [9.17, 15) is 22.8 Å². The van der Waals surface area contributed by atoms with Crippen molar-refractivity contribution in [1.82, 2.24) is 19.9 Å². The lowest BCUT2D eigenvalue weighted by molar-refractivity contribution is -0.128. The maximum Gasteiger partial charge on any atom is 0.265 e. The number of aromatic amines is 1. The Labute approximate surface area is 269 Å². The molecule has 1 heterocycles. The normalized spacial score (nSPS) is 12.4. The van der Waals surface area contributed by atoms with Gasteiger partial charge in [0.05, 0.1) is 12.0 Å². The zero-order chi connectivity index (χ0) is 33.6. The van der Waals surface area contributed by atoms with Crippen LogP contribution in [0, 0.1) is 6.92 Å². The van der Waals surface area contributed by atoms with Crippen molar-refractivity contribution >= 4 is 44.7 Å². The first-order chi connectivity index (χ1) is 21.9. The number of carbonyl (C=O) groups excluding carboxylic acids is 3. The molecule has 0 aliphatic rings. The van der Waals surface area contributed by atoms with Gasteiger partial charge >= 0.3 is 0 Å². The van der Waals surface area contributed by atoms with Crippen molar-refractivity contribution < 1.29 is 27.5 Å². The van der Waals surface area contributed by atoms with Crippen molar-refractivity contribution in [1.29, 1.82) is 0 Å². The summed E-state index contributed by atoms with van der Waals surface area (Å²) in [4.78, 5) is 43.6. The van der Waals surface area contributed by atoms with Crippen LogP contribution in [0.4, 0.5) is 0 Å². The Morgan fingerprint density at radius 1 is 1.02 bits per heavy atom. The molecule has 0 aliphatic carbocycles. The number of methoxy groups -OCH3 is 1. The summed E-state index contributed by atoms with van der Waals surface area (Å²) in [5.41, 5.74) is 4.31. The number of carbonyl (C=O) groups is 3. The molecule has 46 heavy (non-hydrogen) atoms. The fourth-order valence-corrected chi connectivity index (χ4v) is 6.43. The minimum absolute atomic E-state index is 0.0135. The predicted octanol–water partition coefficient (Wildman–Crippen LogP) is 5.14. The zero-order valence-electron chi connectivity index (χ0n) is 26.9. The molecule has 0 bridgehead atoms. The molecule has 0 radical (unpaired) electrons. The van der Waals surface area contributed by atoms with Gasteiger partial charge in [0, 0.05) is 66.8 Å². The summed E-state index contributed by atoms with van der Waals surface area (Å²) in [6.07, 6.45) is 4.61. The van der Waals surface area contributed by atoms with Crippen LogP contribution in [-0.2, 0) is 19.6 Å². The van der Waals surface area contributed by atoms with Gasteiger partial charge in [-0.3, -0.25) is 14.4 Å².